The molecule has 0 spiro atoms. The lowest BCUT2D eigenvalue weighted by Crippen LogP contribution is -2.32. The summed E-state index contributed by atoms with van der Waals surface area (Å²) in [7, 11) is 0. The fourth-order valence-electron chi connectivity index (χ4n) is 1.45. The Labute approximate surface area is 87.6 Å². The average molecular weight is 200 g/mol. The van der Waals surface area contributed by atoms with Crippen molar-refractivity contribution in [1.29, 1.82) is 0 Å². The van der Waals surface area contributed by atoms with Gasteiger partial charge in [-0.05, 0) is 12.5 Å². The van der Waals surface area contributed by atoms with Gasteiger partial charge in [0.25, 0.3) is 0 Å². The second kappa shape index (κ2) is 9.00. The monoisotopic (exact) mass is 200 g/mol. The fraction of sp³-hybridized carbons (Fsp3) is 0.909. The Bertz CT molecular complexity index is 148. The molecular formula is C11H24N2O. The zero-order valence-electron chi connectivity index (χ0n) is 9.73. The summed E-state index contributed by atoms with van der Waals surface area (Å²) in [5.74, 6) is 0.697. The molecule has 0 aromatic rings. The van der Waals surface area contributed by atoms with E-state index in [1.807, 2.05) is 0 Å². The molecule has 0 saturated carbocycles. The normalized spacial score (nSPS) is 12.5. The van der Waals surface area contributed by atoms with E-state index >= 15 is 0 Å². The SMILES string of the molecule is CCCC(C)CC(=O)NCCNCC. The van der Waals surface area contributed by atoms with Gasteiger partial charge in [-0.25, -0.2) is 0 Å². The largest absolute Gasteiger partial charge is 0.355 e. The van der Waals surface area contributed by atoms with E-state index in [1.54, 1.807) is 0 Å². The van der Waals surface area contributed by atoms with Crippen LogP contribution in [0.15, 0.2) is 0 Å². The van der Waals surface area contributed by atoms with Gasteiger partial charge in [-0.2, -0.15) is 0 Å². The van der Waals surface area contributed by atoms with Gasteiger partial charge in [0, 0.05) is 19.5 Å². The first-order valence-corrected chi connectivity index (χ1v) is 5.68. The number of hydrogen-bond donors (Lipinski definition) is 2. The van der Waals surface area contributed by atoms with Gasteiger partial charge in [-0.1, -0.05) is 33.6 Å². The van der Waals surface area contributed by atoms with Crippen LogP contribution in [0.5, 0.6) is 0 Å². The highest BCUT2D eigenvalue weighted by Gasteiger charge is 2.06. The van der Waals surface area contributed by atoms with E-state index in [2.05, 4.69) is 31.4 Å². The average Bonchev–Trinajstić information content (AvgIpc) is 2.13. The van der Waals surface area contributed by atoms with E-state index < -0.39 is 0 Å². The summed E-state index contributed by atoms with van der Waals surface area (Å²) in [6.07, 6.45) is 2.96. The summed E-state index contributed by atoms with van der Waals surface area (Å²) in [5, 5.41) is 6.07. The van der Waals surface area contributed by atoms with Gasteiger partial charge in [0.05, 0.1) is 0 Å². The molecule has 3 heteroatoms. The molecule has 0 radical (unpaired) electrons. The van der Waals surface area contributed by atoms with Crippen LogP contribution in [0.1, 0.15) is 40.0 Å². The predicted molar refractivity (Wildman–Crippen MR) is 60.2 cm³/mol. The molecule has 0 saturated heterocycles. The van der Waals surface area contributed by atoms with E-state index in [1.165, 1.54) is 0 Å². The molecule has 84 valence electrons. The second-order valence-corrected chi connectivity index (χ2v) is 3.80. The van der Waals surface area contributed by atoms with Crippen LogP contribution in [0, 0.1) is 5.92 Å². The minimum Gasteiger partial charge on any atom is -0.355 e. The standard InChI is InChI=1S/C11H24N2O/c1-4-6-10(3)9-11(14)13-8-7-12-5-2/h10,12H,4-9H2,1-3H3,(H,13,14). The Balaban J connectivity index is 3.35. The molecule has 0 aliphatic rings. The number of likely N-dealkylation sites (N-methyl/N-ethyl adjacent to an activating group) is 1. The maximum Gasteiger partial charge on any atom is 0.220 e. The fourth-order valence-corrected chi connectivity index (χ4v) is 1.45. The van der Waals surface area contributed by atoms with Crippen LogP contribution in [0.2, 0.25) is 0 Å². The topological polar surface area (TPSA) is 41.1 Å². The first-order valence-electron chi connectivity index (χ1n) is 5.68. The van der Waals surface area contributed by atoms with E-state index in [4.69, 9.17) is 0 Å². The first kappa shape index (κ1) is 13.4. The smallest absolute Gasteiger partial charge is 0.220 e. The van der Waals surface area contributed by atoms with Gasteiger partial charge in [-0.15, -0.1) is 0 Å². The summed E-state index contributed by atoms with van der Waals surface area (Å²) in [4.78, 5) is 11.4. The molecule has 3 nitrogen and oxygen atoms in total. The first-order chi connectivity index (χ1) is 6.70. The zero-order valence-corrected chi connectivity index (χ0v) is 9.73. The molecule has 0 fully saturated rings. The van der Waals surface area contributed by atoms with Crippen molar-refractivity contribution in [3.05, 3.63) is 0 Å². The van der Waals surface area contributed by atoms with E-state index in [0.29, 0.717) is 12.3 Å². The molecule has 0 aliphatic heterocycles. The molecule has 0 aromatic heterocycles. The number of amides is 1. The molecule has 0 aromatic carbocycles. The third-order valence-corrected chi connectivity index (χ3v) is 2.19. The van der Waals surface area contributed by atoms with Crippen molar-refractivity contribution in [2.24, 2.45) is 5.92 Å². The Kier molecular flexibility index (Phi) is 8.64. The summed E-state index contributed by atoms with van der Waals surface area (Å²) in [6, 6.07) is 0. The van der Waals surface area contributed by atoms with Gasteiger partial charge < -0.3 is 10.6 Å². The summed E-state index contributed by atoms with van der Waals surface area (Å²) < 4.78 is 0. The van der Waals surface area contributed by atoms with E-state index in [9.17, 15) is 4.79 Å². The van der Waals surface area contributed by atoms with Crippen molar-refractivity contribution in [3.8, 4) is 0 Å². The molecule has 0 aliphatic carbocycles. The third-order valence-electron chi connectivity index (χ3n) is 2.19. The molecule has 0 bridgehead atoms. The van der Waals surface area contributed by atoms with Crippen LogP contribution < -0.4 is 10.6 Å². The summed E-state index contributed by atoms with van der Waals surface area (Å²) in [5.41, 5.74) is 0. The maximum absolute atomic E-state index is 11.4. The molecule has 1 unspecified atom stereocenters. The Hall–Kier alpha value is -0.570. The lowest BCUT2D eigenvalue weighted by Gasteiger charge is -2.10. The number of carbonyl (C=O) groups excluding carboxylic acids is 1. The quantitative estimate of drug-likeness (QED) is 0.584. The highest BCUT2D eigenvalue weighted by molar-refractivity contribution is 5.76. The Morgan fingerprint density at radius 3 is 2.57 bits per heavy atom. The van der Waals surface area contributed by atoms with Crippen molar-refractivity contribution >= 4 is 5.91 Å². The van der Waals surface area contributed by atoms with Crippen molar-refractivity contribution in [2.75, 3.05) is 19.6 Å². The molecule has 14 heavy (non-hydrogen) atoms. The molecular weight excluding hydrogens is 176 g/mol. The molecule has 0 heterocycles. The van der Waals surface area contributed by atoms with Crippen molar-refractivity contribution in [3.63, 3.8) is 0 Å². The Morgan fingerprint density at radius 2 is 2.00 bits per heavy atom. The van der Waals surface area contributed by atoms with Gasteiger partial charge in [0.1, 0.15) is 0 Å². The zero-order chi connectivity index (χ0) is 10.8. The van der Waals surface area contributed by atoms with Crippen LogP contribution in [0.4, 0.5) is 0 Å². The summed E-state index contributed by atoms with van der Waals surface area (Å²) >= 11 is 0. The lowest BCUT2D eigenvalue weighted by atomic mass is 10.0. The molecule has 2 N–H and O–H groups in total. The third kappa shape index (κ3) is 8.05. The Morgan fingerprint density at radius 1 is 1.29 bits per heavy atom. The summed E-state index contributed by atoms with van der Waals surface area (Å²) in [6.45, 7) is 8.91. The van der Waals surface area contributed by atoms with Crippen LogP contribution >= 0.6 is 0 Å². The number of nitrogens with one attached hydrogen (secondary N) is 2. The van der Waals surface area contributed by atoms with Crippen LogP contribution in [-0.2, 0) is 4.79 Å². The lowest BCUT2D eigenvalue weighted by molar-refractivity contribution is -0.121. The van der Waals surface area contributed by atoms with Gasteiger partial charge in [0.15, 0.2) is 0 Å². The molecule has 1 amide bonds. The maximum atomic E-state index is 11.4. The number of hydrogen-bond acceptors (Lipinski definition) is 2. The van der Waals surface area contributed by atoms with Crippen molar-refractivity contribution in [1.82, 2.24) is 10.6 Å². The van der Waals surface area contributed by atoms with E-state index in [0.717, 1.165) is 32.5 Å². The van der Waals surface area contributed by atoms with Gasteiger partial charge in [-0.3, -0.25) is 4.79 Å². The second-order valence-electron chi connectivity index (χ2n) is 3.80. The minimum atomic E-state index is 0.184. The van der Waals surface area contributed by atoms with E-state index in [-0.39, 0.29) is 5.91 Å². The number of carbonyl (C=O) groups is 1. The van der Waals surface area contributed by atoms with Gasteiger partial charge >= 0.3 is 0 Å². The van der Waals surface area contributed by atoms with Crippen LogP contribution in [0.3, 0.4) is 0 Å². The van der Waals surface area contributed by atoms with Crippen LogP contribution in [-0.4, -0.2) is 25.5 Å². The van der Waals surface area contributed by atoms with Crippen LogP contribution in [0.25, 0.3) is 0 Å². The predicted octanol–water partition coefficient (Wildman–Crippen LogP) is 1.54. The highest BCUT2D eigenvalue weighted by atomic mass is 16.1. The number of rotatable bonds is 8. The molecule has 0 rings (SSSR count). The minimum absolute atomic E-state index is 0.184. The van der Waals surface area contributed by atoms with Crippen molar-refractivity contribution in [2.45, 2.75) is 40.0 Å². The highest BCUT2D eigenvalue weighted by Crippen LogP contribution is 2.08. The van der Waals surface area contributed by atoms with Gasteiger partial charge in [0.2, 0.25) is 5.91 Å². The molecule has 1 atom stereocenters. The van der Waals surface area contributed by atoms with Crippen molar-refractivity contribution < 1.29 is 4.79 Å².